The average molecular weight is 285 g/mol. The van der Waals surface area contributed by atoms with Gasteiger partial charge in [-0.25, -0.2) is 4.39 Å². The van der Waals surface area contributed by atoms with E-state index in [0.717, 1.165) is 5.56 Å². The van der Waals surface area contributed by atoms with Gasteiger partial charge in [0.15, 0.2) is 0 Å². The lowest BCUT2D eigenvalue weighted by Gasteiger charge is -2.17. The standard InChI is InChI=1S/C15H24FNO3/c1-3-19-8-9-20-11-15(18)10-17-12(2)13-4-6-14(16)7-5-13/h4-7,12,15,17-18H,3,8-11H2,1-2H3. The number of hydrogen-bond acceptors (Lipinski definition) is 4. The molecule has 0 amide bonds. The fourth-order valence-electron chi connectivity index (χ4n) is 1.72. The topological polar surface area (TPSA) is 50.7 Å². The van der Waals surface area contributed by atoms with Crippen LogP contribution in [0.25, 0.3) is 0 Å². The minimum atomic E-state index is -0.570. The molecule has 0 fully saturated rings. The molecular formula is C15H24FNO3. The van der Waals surface area contributed by atoms with Crippen LogP contribution in [0.3, 0.4) is 0 Å². The van der Waals surface area contributed by atoms with E-state index in [1.54, 1.807) is 12.1 Å². The smallest absolute Gasteiger partial charge is 0.123 e. The predicted molar refractivity (Wildman–Crippen MR) is 76.1 cm³/mol. The summed E-state index contributed by atoms with van der Waals surface area (Å²) in [4.78, 5) is 0. The van der Waals surface area contributed by atoms with Gasteiger partial charge in [0.25, 0.3) is 0 Å². The van der Waals surface area contributed by atoms with Crippen molar-refractivity contribution >= 4 is 0 Å². The number of benzene rings is 1. The Kier molecular flexibility index (Phi) is 8.37. The van der Waals surface area contributed by atoms with Crippen molar-refractivity contribution in [1.82, 2.24) is 5.32 Å². The van der Waals surface area contributed by atoms with Crippen molar-refractivity contribution in [2.45, 2.75) is 26.0 Å². The Bertz CT molecular complexity index is 359. The fourth-order valence-corrected chi connectivity index (χ4v) is 1.72. The molecule has 0 aliphatic rings. The normalized spacial score (nSPS) is 14.2. The van der Waals surface area contributed by atoms with Crippen LogP contribution in [0.1, 0.15) is 25.5 Å². The van der Waals surface area contributed by atoms with Gasteiger partial charge in [-0.2, -0.15) is 0 Å². The first-order chi connectivity index (χ1) is 9.63. The third-order valence-electron chi connectivity index (χ3n) is 2.92. The van der Waals surface area contributed by atoms with E-state index in [1.165, 1.54) is 12.1 Å². The number of ether oxygens (including phenoxy) is 2. The second-order valence-corrected chi connectivity index (χ2v) is 4.61. The molecule has 4 nitrogen and oxygen atoms in total. The van der Waals surface area contributed by atoms with Crippen molar-refractivity contribution in [3.63, 3.8) is 0 Å². The van der Waals surface area contributed by atoms with Gasteiger partial charge in [0.1, 0.15) is 5.82 Å². The van der Waals surface area contributed by atoms with Crippen molar-refractivity contribution in [1.29, 1.82) is 0 Å². The molecule has 114 valence electrons. The summed E-state index contributed by atoms with van der Waals surface area (Å²) in [6.07, 6.45) is -0.570. The highest BCUT2D eigenvalue weighted by atomic mass is 19.1. The van der Waals surface area contributed by atoms with Crippen LogP contribution in [0.15, 0.2) is 24.3 Å². The van der Waals surface area contributed by atoms with Crippen LogP contribution in [0.4, 0.5) is 4.39 Å². The summed E-state index contributed by atoms with van der Waals surface area (Å²) in [5.74, 6) is -0.247. The van der Waals surface area contributed by atoms with Crippen molar-refractivity contribution in [2.24, 2.45) is 0 Å². The molecule has 0 aliphatic heterocycles. The molecule has 0 bridgehead atoms. The van der Waals surface area contributed by atoms with Gasteiger partial charge in [0.2, 0.25) is 0 Å². The zero-order valence-corrected chi connectivity index (χ0v) is 12.1. The summed E-state index contributed by atoms with van der Waals surface area (Å²) in [5.41, 5.74) is 0.982. The Morgan fingerprint density at radius 3 is 2.50 bits per heavy atom. The largest absolute Gasteiger partial charge is 0.389 e. The maximum atomic E-state index is 12.8. The van der Waals surface area contributed by atoms with Crippen LogP contribution >= 0.6 is 0 Å². The summed E-state index contributed by atoms with van der Waals surface area (Å²) in [6.45, 7) is 6.29. The van der Waals surface area contributed by atoms with Gasteiger partial charge in [-0.3, -0.25) is 0 Å². The van der Waals surface area contributed by atoms with Gasteiger partial charge in [0, 0.05) is 19.2 Å². The molecule has 0 saturated carbocycles. The third kappa shape index (κ3) is 6.96. The van der Waals surface area contributed by atoms with Crippen molar-refractivity contribution in [2.75, 3.05) is 33.0 Å². The molecule has 1 aromatic rings. The number of nitrogens with one attached hydrogen (secondary N) is 1. The first-order valence-electron chi connectivity index (χ1n) is 6.96. The second kappa shape index (κ2) is 9.83. The second-order valence-electron chi connectivity index (χ2n) is 4.61. The number of hydrogen-bond donors (Lipinski definition) is 2. The van der Waals surface area contributed by atoms with E-state index in [2.05, 4.69) is 5.32 Å². The first kappa shape index (κ1) is 17.0. The predicted octanol–water partition coefficient (Wildman–Crippen LogP) is 1.89. The van der Waals surface area contributed by atoms with Crippen LogP contribution in [-0.4, -0.2) is 44.2 Å². The van der Waals surface area contributed by atoms with Gasteiger partial charge in [-0.05, 0) is 31.5 Å². The van der Waals surface area contributed by atoms with Crippen molar-refractivity contribution < 1.29 is 19.0 Å². The van der Waals surface area contributed by atoms with Gasteiger partial charge < -0.3 is 19.9 Å². The summed E-state index contributed by atoms with van der Waals surface area (Å²) < 4.78 is 23.2. The van der Waals surface area contributed by atoms with Crippen LogP contribution < -0.4 is 5.32 Å². The van der Waals surface area contributed by atoms with E-state index in [4.69, 9.17) is 9.47 Å². The van der Waals surface area contributed by atoms with Gasteiger partial charge >= 0.3 is 0 Å². The van der Waals surface area contributed by atoms with Gasteiger partial charge in [-0.1, -0.05) is 12.1 Å². The molecule has 0 aromatic heterocycles. The quantitative estimate of drug-likeness (QED) is 0.645. The Morgan fingerprint density at radius 1 is 1.20 bits per heavy atom. The molecule has 0 saturated heterocycles. The minimum absolute atomic E-state index is 0.0497. The molecule has 0 heterocycles. The molecule has 20 heavy (non-hydrogen) atoms. The molecule has 2 unspecified atom stereocenters. The van der Waals surface area contributed by atoms with E-state index in [-0.39, 0.29) is 18.5 Å². The fraction of sp³-hybridized carbons (Fsp3) is 0.600. The molecule has 0 spiro atoms. The van der Waals surface area contributed by atoms with E-state index in [9.17, 15) is 9.50 Å². The lowest BCUT2D eigenvalue weighted by Crippen LogP contribution is -2.32. The molecule has 1 rings (SSSR count). The highest BCUT2D eigenvalue weighted by molar-refractivity contribution is 5.19. The lowest BCUT2D eigenvalue weighted by molar-refractivity contribution is 0.00586. The first-order valence-corrected chi connectivity index (χ1v) is 6.96. The van der Waals surface area contributed by atoms with Crippen LogP contribution in [0.2, 0.25) is 0 Å². The van der Waals surface area contributed by atoms with E-state index >= 15 is 0 Å². The Hall–Kier alpha value is -1.01. The molecule has 2 atom stereocenters. The summed E-state index contributed by atoms with van der Waals surface area (Å²) in [7, 11) is 0. The van der Waals surface area contributed by atoms with Crippen molar-refractivity contribution in [3.05, 3.63) is 35.6 Å². The molecule has 0 aliphatic carbocycles. The zero-order valence-electron chi connectivity index (χ0n) is 12.1. The van der Waals surface area contributed by atoms with Gasteiger partial charge in [0.05, 0.1) is 25.9 Å². The number of aliphatic hydroxyl groups excluding tert-OH is 1. The Labute approximate surface area is 119 Å². The maximum absolute atomic E-state index is 12.8. The SMILES string of the molecule is CCOCCOCC(O)CNC(C)c1ccc(F)cc1. The Morgan fingerprint density at radius 2 is 1.85 bits per heavy atom. The van der Waals surface area contributed by atoms with E-state index in [1.807, 2.05) is 13.8 Å². The summed E-state index contributed by atoms with van der Waals surface area (Å²) >= 11 is 0. The summed E-state index contributed by atoms with van der Waals surface area (Å²) in [6, 6.07) is 6.38. The van der Waals surface area contributed by atoms with Crippen LogP contribution in [0, 0.1) is 5.82 Å². The Balaban J connectivity index is 2.16. The molecule has 1 aromatic carbocycles. The highest BCUT2D eigenvalue weighted by Crippen LogP contribution is 2.12. The van der Waals surface area contributed by atoms with E-state index < -0.39 is 6.10 Å². The lowest BCUT2D eigenvalue weighted by atomic mass is 10.1. The van der Waals surface area contributed by atoms with E-state index in [0.29, 0.717) is 26.4 Å². The monoisotopic (exact) mass is 285 g/mol. The van der Waals surface area contributed by atoms with Crippen LogP contribution in [-0.2, 0) is 9.47 Å². The number of rotatable bonds is 10. The molecule has 0 radical (unpaired) electrons. The van der Waals surface area contributed by atoms with Crippen molar-refractivity contribution in [3.8, 4) is 0 Å². The molecular weight excluding hydrogens is 261 g/mol. The maximum Gasteiger partial charge on any atom is 0.123 e. The summed E-state index contributed by atoms with van der Waals surface area (Å²) in [5, 5.41) is 12.9. The zero-order chi connectivity index (χ0) is 14.8. The highest BCUT2D eigenvalue weighted by Gasteiger charge is 2.09. The molecule has 5 heteroatoms. The minimum Gasteiger partial charge on any atom is -0.389 e. The average Bonchev–Trinajstić information content (AvgIpc) is 2.45. The third-order valence-corrected chi connectivity index (χ3v) is 2.92. The number of aliphatic hydroxyl groups is 1. The number of halogens is 1. The molecule has 2 N–H and O–H groups in total. The van der Waals surface area contributed by atoms with Crippen LogP contribution in [0.5, 0.6) is 0 Å². The van der Waals surface area contributed by atoms with Gasteiger partial charge in [-0.15, -0.1) is 0 Å².